The molecule has 0 saturated heterocycles. The number of nitrogens with two attached hydrogens (primary N) is 1. The molecule has 0 heterocycles. The van der Waals surface area contributed by atoms with Gasteiger partial charge in [0, 0.05) is 5.92 Å². The van der Waals surface area contributed by atoms with Gasteiger partial charge in [-0.3, -0.25) is 9.59 Å². The smallest absolute Gasteiger partial charge is 0.322 e. The van der Waals surface area contributed by atoms with E-state index in [0.717, 1.165) is 33.0 Å². The molecule has 1 unspecified atom stereocenters. The summed E-state index contributed by atoms with van der Waals surface area (Å²) < 4.78 is 5.62. The van der Waals surface area contributed by atoms with Crippen LogP contribution in [-0.4, -0.2) is 23.7 Å². The second-order valence-corrected chi connectivity index (χ2v) is 8.27. The number of aliphatic carboxylic acids is 1. The molecule has 33 heavy (non-hydrogen) atoms. The van der Waals surface area contributed by atoms with E-state index in [1.54, 1.807) is 6.07 Å². The van der Waals surface area contributed by atoms with Crippen LogP contribution in [0.3, 0.4) is 0 Å². The predicted molar refractivity (Wildman–Crippen MR) is 127 cm³/mol. The molecule has 1 aliphatic rings. The van der Waals surface area contributed by atoms with Crippen LogP contribution in [0.1, 0.15) is 28.7 Å². The number of rotatable bonds is 6. The number of carboxylic acids is 1. The lowest BCUT2D eigenvalue weighted by Crippen LogP contribution is -2.36. The molecule has 0 bridgehead atoms. The molecule has 0 spiro atoms. The van der Waals surface area contributed by atoms with Crippen LogP contribution in [0.2, 0.25) is 0 Å². The van der Waals surface area contributed by atoms with Gasteiger partial charge in [0.2, 0.25) is 0 Å². The monoisotopic (exact) mass is 437 g/mol. The molecule has 2 atom stereocenters. The lowest BCUT2D eigenvalue weighted by molar-refractivity contribution is -0.160. The maximum atomic E-state index is 13.0. The van der Waals surface area contributed by atoms with Gasteiger partial charge in [-0.25, -0.2) is 0 Å². The third-order valence-electron chi connectivity index (χ3n) is 6.42. The molecule has 164 valence electrons. The maximum Gasteiger partial charge on any atom is 0.322 e. The highest BCUT2D eigenvalue weighted by Gasteiger charge is 2.37. The summed E-state index contributed by atoms with van der Waals surface area (Å²) in [6.45, 7) is 0.0545. The van der Waals surface area contributed by atoms with Crippen LogP contribution in [0.4, 0.5) is 0 Å². The summed E-state index contributed by atoms with van der Waals surface area (Å²) in [5.74, 6) is -3.79. The fourth-order valence-corrected chi connectivity index (χ4v) is 4.82. The first-order valence-corrected chi connectivity index (χ1v) is 10.9. The zero-order valence-electron chi connectivity index (χ0n) is 17.8. The second-order valence-electron chi connectivity index (χ2n) is 8.27. The van der Waals surface area contributed by atoms with Gasteiger partial charge in [0.15, 0.2) is 5.92 Å². The SMILES string of the molecule is NC(c1cccc2ccccc12)[C@@H](C(=O)O)C(=O)OCC1c2ccccc2-c2ccccc21. The van der Waals surface area contributed by atoms with E-state index in [4.69, 9.17) is 10.5 Å². The molecule has 0 aliphatic heterocycles. The number of carbonyl (C=O) groups excluding carboxylic acids is 1. The van der Waals surface area contributed by atoms with E-state index >= 15 is 0 Å². The molecular formula is C28H23NO4. The molecule has 5 heteroatoms. The van der Waals surface area contributed by atoms with Gasteiger partial charge in [-0.15, -0.1) is 0 Å². The van der Waals surface area contributed by atoms with Crippen LogP contribution in [-0.2, 0) is 14.3 Å². The summed E-state index contributed by atoms with van der Waals surface area (Å²) in [7, 11) is 0. The largest absolute Gasteiger partial charge is 0.481 e. The highest BCUT2D eigenvalue weighted by molar-refractivity contribution is 5.96. The maximum absolute atomic E-state index is 13.0. The van der Waals surface area contributed by atoms with Crippen molar-refractivity contribution in [2.45, 2.75) is 12.0 Å². The van der Waals surface area contributed by atoms with E-state index in [9.17, 15) is 14.7 Å². The summed E-state index contributed by atoms with van der Waals surface area (Å²) in [5.41, 5.74) is 11.3. The van der Waals surface area contributed by atoms with Gasteiger partial charge in [0.1, 0.15) is 6.61 Å². The lowest BCUT2D eigenvalue weighted by atomic mass is 9.90. The van der Waals surface area contributed by atoms with Crippen LogP contribution >= 0.6 is 0 Å². The van der Waals surface area contributed by atoms with Crippen molar-refractivity contribution in [1.82, 2.24) is 0 Å². The first kappa shape index (κ1) is 20.9. The molecular weight excluding hydrogens is 414 g/mol. The van der Waals surface area contributed by atoms with Crippen molar-refractivity contribution in [1.29, 1.82) is 0 Å². The zero-order chi connectivity index (χ0) is 22.9. The van der Waals surface area contributed by atoms with E-state index in [2.05, 4.69) is 0 Å². The van der Waals surface area contributed by atoms with E-state index in [1.807, 2.05) is 84.9 Å². The van der Waals surface area contributed by atoms with E-state index in [1.165, 1.54) is 0 Å². The Labute approximate surface area is 191 Å². The van der Waals surface area contributed by atoms with Gasteiger partial charge >= 0.3 is 11.9 Å². The molecule has 0 radical (unpaired) electrons. The van der Waals surface area contributed by atoms with Crippen LogP contribution in [0.15, 0.2) is 91.0 Å². The van der Waals surface area contributed by atoms with Crippen LogP contribution in [0.5, 0.6) is 0 Å². The Bertz CT molecular complexity index is 1310. The van der Waals surface area contributed by atoms with E-state index in [0.29, 0.717) is 5.56 Å². The summed E-state index contributed by atoms with van der Waals surface area (Å²) >= 11 is 0. The summed E-state index contributed by atoms with van der Waals surface area (Å²) in [5, 5.41) is 11.6. The second kappa shape index (κ2) is 8.52. The number of fused-ring (bicyclic) bond motifs is 4. The van der Waals surface area contributed by atoms with Crippen molar-refractivity contribution in [3.05, 3.63) is 108 Å². The number of benzene rings is 4. The van der Waals surface area contributed by atoms with Crippen LogP contribution in [0, 0.1) is 5.92 Å². The van der Waals surface area contributed by atoms with Gasteiger partial charge in [-0.1, -0.05) is 91.0 Å². The Balaban J connectivity index is 1.41. The van der Waals surface area contributed by atoms with E-state index in [-0.39, 0.29) is 12.5 Å². The van der Waals surface area contributed by atoms with Crippen molar-refractivity contribution < 1.29 is 19.4 Å². The van der Waals surface area contributed by atoms with Gasteiger partial charge in [-0.05, 0) is 38.6 Å². The van der Waals surface area contributed by atoms with Crippen molar-refractivity contribution >= 4 is 22.7 Å². The van der Waals surface area contributed by atoms with Gasteiger partial charge in [-0.2, -0.15) is 0 Å². The fraction of sp³-hybridized carbons (Fsp3) is 0.143. The average Bonchev–Trinajstić information content (AvgIpc) is 3.16. The molecule has 5 nitrogen and oxygen atoms in total. The zero-order valence-corrected chi connectivity index (χ0v) is 17.8. The number of carboxylic acid groups (broad SMARTS) is 1. The molecule has 0 aromatic heterocycles. The molecule has 0 amide bonds. The highest BCUT2D eigenvalue weighted by atomic mass is 16.5. The van der Waals surface area contributed by atoms with Gasteiger partial charge in [0.25, 0.3) is 0 Å². The molecule has 0 fully saturated rings. The van der Waals surface area contributed by atoms with Crippen molar-refractivity contribution in [3.63, 3.8) is 0 Å². The first-order valence-electron chi connectivity index (χ1n) is 10.9. The van der Waals surface area contributed by atoms with Crippen molar-refractivity contribution in [3.8, 4) is 11.1 Å². The number of carbonyl (C=O) groups is 2. The summed E-state index contributed by atoms with van der Waals surface area (Å²) in [4.78, 5) is 25.1. The van der Waals surface area contributed by atoms with Crippen LogP contribution in [0.25, 0.3) is 21.9 Å². The Hall–Kier alpha value is -3.96. The minimum absolute atomic E-state index is 0.0545. The number of ether oxygens (including phenoxy) is 1. The van der Waals surface area contributed by atoms with Gasteiger partial charge in [0.05, 0.1) is 6.04 Å². The number of hydrogen-bond acceptors (Lipinski definition) is 4. The topological polar surface area (TPSA) is 89.6 Å². The fourth-order valence-electron chi connectivity index (χ4n) is 4.82. The molecule has 4 aromatic carbocycles. The highest BCUT2D eigenvalue weighted by Crippen LogP contribution is 2.44. The first-order chi connectivity index (χ1) is 16.1. The summed E-state index contributed by atoms with van der Waals surface area (Å²) in [6, 6.07) is 28.0. The molecule has 1 aliphatic carbocycles. The molecule has 4 aromatic rings. The third kappa shape index (κ3) is 3.66. The number of hydrogen-bond donors (Lipinski definition) is 2. The Morgan fingerprint density at radius 2 is 1.39 bits per heavy atom. The Morgan fingerprint density at radius 3 is 2.06 bits per heavy atom. The third-order valence-corrected chi connectivity index (χ3v) is 6.42. The minimum Gasteiger partial charge on any atom is -0.481 e. The summed E-state index contributed by atoms with van der Waals surface area (Å²) in [6.07, 6.45) is 0. The predicted octanol–water partition coefficient (Wildman–Crippen LogP) is 4.90. The van der Waals surface area contributed by atoms with Gasteiger partial charge < -0.3 is 15.6 Å². The standard InChI is InChI=1S/C28H23NO4/c29-26(23-15-7-9-17-8-1-2-10-18(17)23)25(27(30)31)28(32)33-16-24-21-13-5-3-11-19(21)20-12-4-6-14-22(20)24/h1-15,24-26H,16,29H2,(H,30,31)/t25-,26?/m0/s1. The lowest BCUT2D eigenvalue weighted by Gasteiger charge is -2.22. The quantitative estimate of drug-likeness (QED) is 0.331. The van der Waals surface area contributed by atoms with E-state index < -0.39 is 23.9 Å². The van der Waals surface area contributed by atoms with Crippen LogP contribution < -0.4 is 5.73 Å². The minimum atomic E-state index is -1.51. The Morgan fingerprint density at radius 1 is 0.818 bits per heavy atom. The molecule has 3 N–H and O–H groups in total. The molecule has 0 saturated carbocycles. The van der Waals surface area contributed by atoms with Crippen molar-refractivity contribution in [2.75, 3.05) is 6.61 Å². The van der Waals surface area contributed by atoms with Crippen molar-refractivity contribution in [2.24, 2.45) is 11.7 Å². The Kier molecular flexibility index (Phi) is 5.40. The molecule has 5 rings (SSSR count). The average molecular weight is 437 g/mol. The normalized spacial score (nSPS) is 14.3. The number of esters is 1.